The fourth-order valence-corrected chi connectivity index (χ4v) is 2.07. The molecule has 0 aromatic rings. The maximum atomic E-state index is 12.0. The molecule has 1 aliphatic rings. The van der Waals surface area contributed by atoms with Gasteiger partial charge in [-0.2, -0.15) is 0 Å². The summed E-state index contributed by atoms with van der Waals surface area (Å²) in [4.78, 5) is 12.0. The van der Waals surface area contributed by atoms with Crippen LogP contribution in [0.3, 0.4) is 0 Å². The molecule has 1 aliphatic carbocycles. The van der Waals surface area contributed by atoms with Crippen LogP contribution in [0, 0.1) is 5.92 Å². The van der Waals surface area contributed by atoms with Gasteiger partial charge in [-0.15, -0.1) is 0 Å². The van der Waals surface area contributed by atoms with Gasteiger partial charge in [0.15, 0.2) is 0 Å². The molecule has 1 amide bonds. The second-order valence-corrected chi connectivity index (χ2v) is 4.88. The molecule has 0 aromatic carbocycles. The van der Waals surface area contributed by atoms with Gasteiger partial charge in [0.25, 0.3) is 5.91 Å². The molecule has 0 spiro atoms. The SMILES string of the molecule is CCC(C)(OC)C(=O)NC1CCC(C)C1. The standard InChI is InChI=1S/C12H23NO2/c1-5-12(3,15-4)11(14)13-10-7-6-9(2)8-10/h9-10H,5-8H2,1-4H3,(H,13,14). The fourth-order valence-electron chi connectivity index (χ4n) is 2.07. The van der Waals surface area contributed by atoms with Crippen molar-refractivity contribution < 1.29 is 9.53 Å². The smallest absolute Gasteiger partial charge is 0.252 e. The Kier molecular flexibility index (Phi) is 4.14. The lowest BCUT2D eigenvalue weighted by Gasteiger charge is -2.27. The van der Waals surface area contributed by atoms with Crippen molar-refractivity contribution in [3.8, 4) is 0 Å². The molecule has 0 bridgehead atoms. The van der Waals surface area contributed by atoms with Gasteiger partial charge >= 0.3 is 0 Å². The average Bonchev–Trinajstić information content (AvgIpc) is 2.62. The molecule has 3 atom stereocenters. The monoisotopic (exact) mass is 213 g/mol. The third-order valence-corrected chi connectivity index (χ3v) is 3.64. The number of rotatable bonds is 4. The molecule has 1 saturated carbocycles. The summed E-state index contributed by atoms with van der Waals surface area (Å²) in [7, 11) is 1.60. The summed E-state index contributed by atoms with van der Waals surface area (Å²) in [6.07, 6.45) is 4.14. The summed E-state index contributed by atoms with van der Waals surface area (Å²) >= 11 is 0. The molecule has 1 rings (SSSR count). The lowest BCUT2D eigenvalue weighted by molar-refractivity contribution is -0.142. The molecule has 3 heteroatoms. The van der Waals surface area contributed by atoms with Crippen LogP contribution in [0.5, 0.6) is 0 Å². The maximum absolute atomic E-state index is 12.0. The molecular weight excluding hydrogens is 190 g/mol. The molecule has 0 saturated heterocycles. The maximum Gasteiger partial charge on any atom is 0.252 e. The molecule has 1 fully saturated rings. The molecule has 1 N–H and O–H groups in total. The Labute approximate surface area is 92.6 Å². The summed E-state index contributed by atoms with van der Waals surface area (Å²) in [5.74, 6) is 0.775. The van der Waals surface area contributed by atoms with Crippen LogP contribution < -0.4 is 5.32 Å². The molecule has 0 aromatic heterocycles. The minimum Gasteiger partial charge on any atom is -0.369 e. The molecule has 88 valence electrons. The lowest BCUT2D eigenvalue weighted by Crippen LogP contribution is -2.48. The number of methoxy groups -OCH3 is 1. The molecule has 0 heterocycles. The molecular formula is C12H23NO2. The summed E-state index contributed by atoms with van der Waals surface area (Å²) in [6.45, 7) is 6.06. The van der Waals surface area contributed by atoms with Crippen molar-refractivity contribution in [2.24, 2.45) is 5.92 Å². The van der Waals surface area contributed by atoms with Crippen LogP contribution in [-0.2, 0) is 9.53 Å². The van der Waals surface area contributed by atoms with E-state index >= 15 is 0 Å². The largest absolute Gasteiger partial charge is 0.369 e. The molecule has 0 radical (unpaired) electrons. The third kappa shape index (κ3) is 2.94. The van der Waals surface area contributed by atoms with E-state index in [1.165, 1.54) is 6.42 Å². The van der Waals surface area contributed by atoms with Crippen molar-refractivity contribution in [1.82, 2.24) is 5.32 Å². The topological polar surface area (TPSA) is 38.3 Å². The first-order valence-corrected chi connectivity index (χ1v) is 5.88. The van der Waals surface area contributed by atoms with Crippen LogP contribution in [0.1, 0.15) is 46.5 Å². The van der Waals surface area contributed by atoms with Gasteiger partial charge in [0, 0.05) is 13.2 Å². The minimum absolute atomic E-state index is 0.0339. The highest BCUT2D eigenvalue weighted by molar-refractivity contribution is 5.84. The van der Waals surface area contributed by atoms with Crippen LogP contribution in [0.4, 0.5) is 0 Å². The number of carbonyl (C=O) groups is 1. The minimum atomic E-state index is -0.661. The van der Waals surface area contributed by atoms with Gasteiger partial charge in [0.2, 0.25) is 0 Å². The number of hydrogen-bond donors (Lipinski definition) is 1. The Balaban J connectivity index is 2.47. The van der Waals surface area contributed by atoms with E-state index in [1.54, 1.807) is 7.11 Å². The molecule has 3 nitrogen and oxygen atoms in total. The Morgan fingerprint density at radius 1 is 1.53 bits per heavy atom. The van der Waals surface area contributed by atoms with Gasteiger partial charge in [-0.3, -0.25) is 4.79 Å². The first-order valence-electron chi connectivity index (χ1n) is 5.88. The number of ether oxygens (including phenoxy) is 1. The van der Waals surface area contributed by atoms with Gasteiger partial charge in [0.1, 0.15) is 5.60 Å². The van der Waals surface area contributed by atoms with Crippen LogP contribution in [0.2, 0.25) is 0 Å². The van der Waals surface area contributed by atoms with Crippen molar-refractivity contribution in [2.75, 3.05) is 7.11 Å². The Bertz CT molecular complexity index is 224. The normalized spacial score (nSPS) is 29.9. The van der Waals surface area contributed by atoms with Crippen LogP contribution in [0.15, 0.2) is 0 Å². The average molecular weight is 213 g/mol. The van der Waals surface area contributed by atoms with Crippen molar-refractivity contribution in [2.45, 2.75) is 58.1 Å². The summed E-state index contributed by atoms with van der Waals surface area (Å²) in [6, 6.07) is 0.355. The predicted octanol–water partition coefficient (Wildman–Crippen LogP) is 2.11. The summed E-state index contributed by atoms with van der Waals surface area (Å²) in [5.41, 5.74) is -0.661. The summed E-state index contributed by atoms with van der Waals surface area (Å²) < 4.78 is 5.27. The fraction of sp³-hybridized carbons (Fsp3) is 0.917. The van der Waals surface area contributed by atoms with E-state index < -0.39 is 5.60 Å². The Morgan fingerprint density at radius 3 is 2.60 bits per heavy atom. The third-order valence-electron chi connectivity index (χ3n) is 3.64. The lowest BCUT2D eigenvalue weighted by atomic mass is 10.0. The Hall–Kier alpha value is -0.570. The van der Waals surface area contributed by atoms with Gasteiger partial charge in [0.05, 0.1) is 0 Å². The van der Waals surface area contributed by atoms with Crippen LogP contribution in [-0.4, -0.2) is 24.7 Å². The van der Waals surface area contributed by atoms with Gasteiger partial charge < -0.3 is 10.1 Å². The zero-order chi connectivity index (χ0) is 11.5. The van der Waals surface area contributed by atoms with Crippen molar-refractivity contribution >= 4 is 5.91 Å². The van der Waals surface area contributed by atoms with E-state index in [0.29, 0.717) is 12.5 Å². The first-order chi connectivity index (χ1) is 7.01. The summed E-state index contributed by atoms with van der Waals surface area (Å²) in [5, 5.41) is 3.09. The van der Waals surface area contributed by atoms with E-state index in [9.17, 15) is 4.79 Å². The van der Waals surface area contributed by atoms with E-state index in [4.69, 9.17) is 4.74 Å². The second-order valence-electron chi connectivity index (χ2n) is 4.88. The Morgan fingerprint density at radius 2 is 2.20 bits per heavy atom. The number of hydrogen-bond acceptors (Lipinski definition) is 2. The van der Waals surface area contributed by atoms with Gasteiger partial charge in [-0.05, 0) is 38.5 Å². The highest BCUT2D eigenvalue weighted by atomic mass is 16.5. The van der Waals surface area contributed by atoms with Crippen LogP contribution in [0.25, 0.3) is 0 Å². The highest BCUT2D eigenvalue weighted by Crippen LogP contribution is 2.25. The zero-order valence-electron chi connectivity index (χ0n) is 10.3. The highest BCUT2D eigenvalue weighted by Gasteiger charge is 2.33. The quantitative estimate of drug-likeness (QED) is 0.776. The van der Waals surface area contributed by atoms with E-state index in [-0.39, 0.29) is 5.91 Å². The number of nitrogens with one attached hydrogen (secondary N) is 1. The van der Waals surface area contributed by atoms with Crippen molar-refractivity contribution in [3.63, 3.8) is 0 Å². The van der Waals surface area contributed by atoms with Crippen LogP contribution >= 0.6 is 0 Å². The van der Waals surface area contributed by atoms with Crippen molar-refractivity contribution in [1.29, 1.82) is 0 Å². The van der Waals surface area contributed by atoms with Crippen molar-refractivity contribution in [3.05, 3.63) is 0 Å². The second kappa shape index (κ2) is 4.97. The number of carbonyl (C=O) groups excluding carboxylic acids is 1. The predicted molar refractivity (Wildman–Crippen MR) is 60.7 cm³/mol. The molecule has 3 unspecified atom stereocenters. The van der Waals surface area contributed by atoms with E-state index in [0.717, 1.165) is 18.8 Å². The molecule has 0 aliphatic heterocycles. The van der Waals surface area contributed by atoms with Gasteiger partial charge in [-0.25, -0.2) is 0 Å². The van der Waals surface area contributed by atoms with Gasteiger partial charge in [-0.1, -0.05) is 13.8 Å². The zero-order valence-corrected chi connectivity index (χ0v) is 10.3. The van der Waals surface area contributed by atoms with E-state index in [2.05, 4.69) is 12.2 Å². The first kappa shape index (κ1) is 12.5. The molecule has 15 heavy (non-hydrogen) atoms. The number of amides is 1. The van der Waals surface area contributed by atoms with E-state index in [1.807, 2.05) is 13.8 Å².